The van der Waals surface area contributed by atoms with Gasteiger partial charge in [-0.15, -0.1) is 0 Å². The maximum atomic E-state index is 11.8. The van der Waals surface area contributed by atoms with Crippen LogP contribution in [0.3, 0.4) is 0 Å². The van der Waals surface area contributed by atoms with E-state index in [1.807, 2.05) is 0 Å². The van der Waals surface area contributed by atoms with E-state index in [2.05, 4.69) is 15.3 Å². The van der Waals surface area contributed by atoms with Gasteiger partial charge in [0.2, 0.25) is 5.88 Å². The van der Waals surface area contributed by atoms with Gasteiger partial charge in [0.05, 0.1) is 24.2 Å². The van der Waals surface area contributed by atoms with Gasteiger partial charge in [0.25, 0.3) is 0 Å². The molecule has 2 aromatic heterocycles. The van der Waals surface area contributed by atoms with Gasteiger partial charge in [-0.25, -0.2) is 9.78 Å². The summed E-state index contributed by atoms with van der Waals surface area (Å²) in [7, 11) is 1.53. The van der Waals surface area contributed by atoms with E-state index in [0.29, 0.717) is 23.2 Å². The Balaban J connectivity index is 2.20. The molecule has 0 aliphatic rings. The summed E-state index contributed by atoms with van der Waals surface area (Å²) < 4.78 is 10.3. The summed E-state index contributed by atoms with van der Waals surface area (Å²) >= 11 is 0. The lowest BCUT2D eigenvalue weighted by molar-refractivity contribution is -0.109. The monoisotopic (exact) mass is 331 g/mol. The third-order valence-corrected chi connectivity index (χ3v) is 3.16. The van der Waals surface area contributed by atoms with Crippen LogP contribution in [0.1, 0.15) is 26.3 Å². The number of nitrogens with zero attached hydrogens (tertiary/aromatic N) is 2. The normalized spacial score (nSPS) is 12.5. The molecule has 0 aliphatic heterocycles. The van der Waals surface area contributed by atoms with Gasteiger partial charge in [-0.2, -0.15) is 0 Å². The third-order valence-electron chi connectivity index (χ3n) is 3.16. The van der Waals surface area contributed by atoms with Crippen molar-refractivity contribution in [2.24, 2.45) is 0 Å². The number of methoxy groups -OCH3 is 1. The number of carbonyl (C=O) groups excluding carboxylic acids is 2. The minimum atomic E-state index is -0.724. The number of alkyl carbamates (subject to hydrolysis) is 1. The van der Waals surface area contributed by atoms with Crippen molar-refractivity contribution in [1.82, 2.24) is 15.3 Å². The average molecular weight is 331 g/mol. The number of nitrogens with one attached hydrogen (secondary N) is 1. The van der Waals surface area contributed by atoms with Crippen molar-refractivity contribution in [3.8, 4) is 5.88 Å². The molecule has 1 N–H and O–H groups in total. The zero-order valence-corrected chi connectivity index (χ0v) is 14.2. The largest absolute Gasteiger partial charge is 0.481 e. The first-order chi connectivity index (χ1) is 11.3. The Kier molecular flexibility index (Phi) is 5.33. The van der Waals surface area contributed by atoms with Crippen molar-refractivity contribution < 1.29 is 19.1 Å². The fraction of sp³-hybridized carbons (Fsp3) is 0.412. The molecule has 0 radical (unpaired) electrons. The number of amides is 1. The summed E-state index contributed by atoms with van der Waals surface area (Å²) in [4.78, 5) is 31.8. The molecular weight excluding hydrogens is 310 g/mol. The first-order valence-corrected chi connectivity index (χ1v) is 7.56. The molecule has 7 nitrogen and oxygen atoms in total. The van der Waals surface area contributed by atoms with Crippen molar-refractivity contribution in [3.05, 3.63) is 30.0 Å². The smallest absolute Gasteiger partial charge is 0.408 e. The zero-order valence-electron chi connectivity index (χ0n) is 14.2. The second-order valence-corrected chi connectivity index (χ2v) is 6.28. The average Bonchev–Trinajstić information content (AvgIpc) is 2.52. The lowest BCUT2D eigenvalue weighted by atomic mass is 10.1. The topological polar surface area (TPSA) is 90.4 Å². The van der Waals surface area contributed by atoms with Gasteiger partial charge in [-0.3, -0.25) is 4.98 Å². The first kappa shape index (κ1) is 17.7. The molecule has 0 fully saturated rings. The number of rotatable bonds is 5. The highest BCUT2D eigenvalue weighted by Gasteiger charge is 2.20. The number of fused-ring (bicyclic) bond motifs is 1. The van der Waals surface area contributed by atoms with E-state index < -0.39 is 17.7 Å². The molecule has 24 heavy (non-hydrogen) atoms. The van der Waals surface area contributed by atoms with E-state index in [1.54, 1.807) is 45.2 Å². The number of aldehydes is 1. The van der Waals surface area contributed by atoms with Crippen LogP contribution in [0.15, 0.2) is 24.4 Å². The predicted molar refractivity (Wildman–Crippen MR) is 89.0 cm³/mol. The van der Waals surface area contributed by atoms with Crippen LogP contribution in [0, 0.1) is 0 Å². The van der Waals surface area contributed by atoms with Crippen molar-refractivity contribution in [1.29, 1.82) is 0 Å². The highest BCUT2D eigenvalue weighted by atomic mass is 16.6. The fourth-order valence-corrected chi connectivity index (χ4v) is 2.17. The molecule has 1 atom stereocenters. The molecule has 1 amide bonds. The summed E-state index contributed by atoms with van der Waals surface area (Å²) in [5.74, 6) is 0.458. The molecule has 0 saturated heterocycles. The number of hydrogen-bond donors (Lipinski definition) is 1. The van der Waals surface area contributed by atoms with Crippen molar-refractivity contribution >= 4 is 23.4 Å². The molecular formula is C17H21N3O4. The maximum absolute atomic E-state index is 11.8. The van der Waals surface area contributed by atoms with E-state index >= 15 is 0 Å². The standard InChI is InChI=1S/C17H21N3O4/c1-17(2,3)24-16(22)19-12(10-21)9-11-7-8-18-13-5-6-14(23-4)20-15(11)13/h5-8,10,12H,9H2,1-4H3,(H,19,22). The van der Waals surface area contributed by atoms with E-state index in [4.69, 9.17) is 9.47 Å². The molecule has 2 heterocycles. The number of carbonyl (C=O) groups is 2. The molecule has 0 aliphatic carbocycles. The molecule has 7 heteroatoms. The quantitative estimate of drug-likeness (QED) is 0.845. The highest BCUT2D eigenvalue weighted by Crippen LogP contribution is 2.19. The minimum absolute atomic E-state index is 0.280. The van der Waals surface area contributed by atoms with Gasteiger partial charge in [-0.1, -0.05) is 0 Å². The van der Waals surface area contributed by atoms with Gasteiger partial charge in [0.1, 0.15) is 11.9 Å². The molecule has 0 saturated carbocycles. The van der Waals surface area contributed by atoms with E-state index in [-0.39, 0.29) is 6.42 Å². The summed E-state index contributed by atoms with van der Waals surface area (Å²) in [6.07, 6.45) is 1.96. The Morgan fingerprint density at radius 1 is 1.33 bits per heavy atom. The Hall–Kier alpha value is -2.70. The van der Waals surface area contributed by atoms with Crippen molar-refractivity contribution in [3.63, 3.8) is 0 Å². The highest BCUT2D eigenvalue weighted by molar-refractivity contribution is 5.79. The fourth-order valence-electron chi connectivity index (χ4n) is 2.17. The first-order valence-electron chi connectivity index (χ1n) is 7.56. The molecule has 0 spiro atoms. The lowest BCUT2D eigenvalue weighted by Gasteiger charge is -2.21. The second kappa shape index (κ2) is 7.25. The minimum Gasteiger partial charge on any atom is -0.481 e. The Morgan fingerprint density at radius 2 is 2.08 bits per heavy atom. The van der Waals surface area contributed by atoms with Crippen LogP contribution in [0.2, 0.25) is 0 Å². The van der Waals surface area contributed by atoms with Crippen molar-refractivity contribution in [2.75, 3.05) is 7.11 Å². The molecule has 0 bridgehead atoms. The predicted octanol–water partition coefficient (Wildman–Crippen LogP) is 2.27. The maximum Gasteiger partial charge on any atom is 0.408 e. The van der Waals surface area contributed by atoms with Crippen LogP contribution in [-0.4, -0.2) is 41.1 Å². The van der Waals surface area contributed by atoms with Crippen LogP contribution >= 0.6 is 0 Å². The number of ether oxygens (including phenoxy) is 2. The summed E-state index contributed by atoms with van der Waals surface area (Å²) in [5, 5.41) is 2.56. The van der Waals surface area contributed by atoms with Crippen LogP contribution in [-0.2, 0) is 16.0 Å². The summed E-state index contributed by atoms with van der Waals surface area (Å²) in [6.45, 7) is 5.28. The lowest BCUT2D eigenvalue weighted by Crippen LogP contribution is -2.41. The van der Waals surface area contributed by atoms with Gasteiger partial charge in [0.15, 0.2) is 0 Å². The molecule has 0 aromatic carbocycles. The van der Waals surface area contributed by atoms with Gasteiger partial charge in [0, 0.05) is 18.7 Å². The van der Waals surface area contributed by atoms with Gasteiger partial charge >= 0.3 is 6.09 Å². The SMILES string of the molecule is COc1ccc2nccc(CC(C=O)NC(=O)OC(C)(C)C)c2n1. The van der Waals surface area contributed by atoms with Crippen LogP contribution in [0.5, 0.6) is 5.88 Å². The van der Waals surface area contributed by atoms with E-state index in [9.17, 15) is 9.59 Å². The van der Waals surface area contributed by atoms with Gasteiger partial charge in [-0.05, 0) is 38.5 Å². The molecule has 2 rings (SSSR count). The molecule has 1 unspecified atom stereocenters. The number of hydrogen-bond acceptors (Lipinski definition) is 6. The van der Waals surface area contributed by atoms with E-state index in [1.165, 1.54) is 7.11 Å². The van der Waals surface area contributed by atoms with Crippen LogP contribution < -0.4 is 10.1 Å². The Morgan fingerprint density at radius 3 is 2.71 bits per heavy atom. The van der Waals surface area contributed by atoms with Crippen molar-refractivity contribution in [2.45, 2.75) is 38.8 Å². The Bertz CT molecular complexity index is 740. The zero-order chi connectivity index (χ0) is 17.7. The van der Waals surface area contributed by atoms with Crippen LogP contribution in [0.25, 0.3) is 11.0 Å². The summed E-state index contributed by atoms with van der Waals surface area (Å²) in [6, 6.07) is 4.55. The summed E-state index contributed by atoms with van der Waals surface area (Å²) in [5.41, 5.74) is 1.48. The van der Waals surface area contributed by atoms with Crippen LogP contribution in [0.4, 0.5) is 4.79 Å². The molecule has 128 valence electrons. The third kappa shape index (κ3) is 4.65. The van der Waals surface area contributed by atoms with E-state index in [0.717, 1.165) is 5.56 Å². The Labute approximate surface area is 140 Å². The number of pyridine rings is 2. The number of aromatic nitrogens is 2. The van der Waals surface area contributed by atoms with Gasteiger partial charge < -0.3 is 19.6 Å². The second-order valence-electron chi connectivity index (χ2n) is 6.28. The molecule has 2 aromatic rings.